The third-order valence-corrected chi connectivity index (χ3v) is 3.86. The topological polar surface area (TPSA) is 79.5 Å². The zero-order chi connectivity index (χ0) is 17.7. The fourth-order valence-electron chi connectivity index (χ4n) is 2.24. The van der Waals surface area contributed by atoms with E-state index in [0.29, 0.717) is 23.0 Å². The Labute approximate surface area is 145 Å². The monoisotopic (exact) mass is 352 g/mol. The van der Waals surface area contributed by atoms with E-state index in [0.717, 1.165) is 13.1 Å². The molecule has 2 aromatic rings. The zero-order valence-corrected chi connectivity index (χ0v) is 14.7. The minimum atomic E-state index is -0.519. The van der Waals surface area contributed by atoms with Gasteiger partial charge in [0.2, 0.25) is 0 Å². The number of furan rings is 1. The van der Waals surface area contributed by atoms with E-state index >= 15 is 0 Å². The zero-order valence-electron chi connectivity index (χ0n) is 13.9. The van der Waals surface area contributed by atoms with Gasteiger partial charge < -0.3 is 8.98 Å². The second kappa shape index (κ2) is 8.03. The fourth-order valence-corrected chi connectivity index (χ4v) is 2.49. The van der Waals surface area contributed by atoms with Crippen molar-refractivity contribution < 1.29 is 14.0 Å². The maximum atomic E-state index is 12.0. The lowest BCUT2D eigenvalue weighted by Gasteiger charge is -2.15. The predicted molar refractivity (Wildman–Crippen MR) is 90.7 cm³/mol. The van der Waals surface area contributed by atoms with Gasteiger partial charge in [0.15, 0.2) is 5.76 Å². The van der Waals surface area contributed by atoms with Crippen LogP contribution in [-0.2, 0) is 13.6 Å². The first-order chi connectivity index (χ1) is 11.4. The van der Waals surface area contributed by atoms with Gasteiger partial charge in [0, 0.05) is 13.2 Å². The van der Waals surface area contributed by atoms with E-state index in [-0.39, 0.29) is 5.76 Å². The molecule has 0 unspecified atom stereocenters. The Morgan fingerprint density at radius 2 is 1.88 bits per heavy atom. The summed E-state index contributed by atoms with van der Waals surface area (Å²) in [7, 11) is 1.69. The summed E-state index contributed by atoms with van der Waals surface area (Å²) in [5.74, 6) is -0.145. The summed E-state index contributed by atoms with van der Waals surface area (Å²) >= 11 is 5.83. The van der Waals surface area contributed by atoms with E-state index in [4.69, 9.17) is 16.0 Å². The molecule has 7 nitrogen and oxygen atoms in total. The molecule has 0 aliphatic heterocycles. The first kappa shape index (κ1) is 18.1. The number of carbonyl (C=O) groups excluding carboxylic acids is 2. The molecule has 0 atom stereocenters. The molecule has 0 saturated carbocycles. The number of amides is 2. The lowest BCUT2D eigenvalue weighted by atomic mass is 10.4. The van der Waals surface area contributed by atoms with Crippen LogP contribution in [0, 0.1) is 0 Å². The Kier molecular flexibility index (Phi) is 6.05. The Morgan fingerprint density at radius 1 is 1.21 bits per heavy atom. The average molecular weight is 353 g/mol. The third kappa shape index (κ3) is 4.39. The number of hydrogen-bond acceptors (Lipinski definition) is 4. The first-order valence-corrected chi connectivity index (χ1v) is 8.06. The van der Waals surface area contributed by atoms with Crippen molar-refractivity contribution in [3.63, 3.8) is 0 Å². The van der Waals surface area contributed by atoms with Crippen molar-refractivity contribution in [2.24, 2.45) is 7.05 Å². The number of aromatic nitrogens is 1. The molecule has 2 N–H and O–H groups in total. The van der Waals surface area contributed by atoms with Gasteiger partial charge in [-0.3, -0.25) is 25.3 Å². The molecule has 2 amide bonds. The van der Waals surface area contributed by atoms with Crippen LogP contribution in [0.2, 0.25) is 5.02 Å². The van der Waals surface area contributed by atoms with Crippen molar-refractivity contribution in [1.29, 1.82) is 0 Å². The van der Waals surface area contributed by atoms with E-state index in [1.807, 2.05) is 0 Å². The fraction of sp³-hybridized carbons (Fsp3) is 0.375. The van der Waals surface area contributed by atoms with Gasteiger partial charge in [-0.05, 0) is 31.3 Å². The van der Waals surface area contributed by atoms with Crippen molar-refractivity contribution in [2.75, 3.05) is 13.1 Å². The van der Waals surface area contributed by atoms with E-state index in [9.17, 15) is 9.59 Å². The summed E-state index contributed by atoms with van der Waals surface area (Å²) < 4.78 is 7.08. The molecule has 0 aliphatic rings. The largest absolute Gasteiger partial charge is 0.454 e. The van der Waals surface area contributed by atoms with Crippen LogP contribution in [-0.4, -0.2) is 34.4 Å². The first-order valence-electron chi connectivity index (χ1n) is 7.68. The SMILES string of the molecule is CCN(CC)Cc1ccc(C(=O)NNC(=O)c2cc(Cl)cn2C)o1. The third-order valence-electron chi connectivity index (χ3n) is 3.65. The Balaban J connectivity index is 1.92. The van der Waals surface area contributed by atoms with Crippen LogP contribution >= 0.6 is 11.6 Å². The van der Waals surface area contributed by atoms with Gasteiger partial charge in [0.25, 0.3) is 5.91 Å². The van der Waals surface area contributed by atoms with E-state index in [1.165, 1.54) is 6.07 Å². The quantitative estimate of drug-likeness (QED) is 0.781. The summed E-state index contributed by atoms with van der Waals surface area (Å²) in [5.41, 5.74) is 5.00. The van der Waals surface area contributed by atoms with Crippen LogP contribution in [0.1, 0.15) is 40.7 Å². The maximum absolute atomic E-state index is 12.0. The molecule has 0 fully saturated rings. The molecule has 2 rings (SSSR count). The molecule has 24 heavy (non-hydrogen) atoms. The highest BCUT2D eigenvalue weighted by molar-refractivity contribution is 6.31. The second-order valence-corrected chi connectivity index (χ2v) is 5.73. The molecule has 0 bridgehead atoms. The van der Waals surface area contributed by atoms with Gasteiger partial charge in [0.1, 0.15) is 11.5 Å². The van der Waals surface area contributed by atoms with Crippen LogP contribution in [0.3, 0.4) is 0 Å². The number of hydrogen-bond donors (Lipinski definition) is 2. The second-order valence-electron chi connectivity index (χ2n) is 5.29. The average Bonchev–Trinajstić information content (AvgIpc) is 3.16. The molecule has 0 spiro atoms. The summed E-state index contributed by atoms with van der Waals surface area (Å²) in [5, 5.41) is 0.445. The highest BCUT2D eigenvalue weighted by atomic mass is 35.5. The number of hydrazine groups is 1. The van der Waals surface area contributed by atoms with Crippen LogP contribution in [0.15, 0.2) is 28.8 Å². The number of aryl methyl sites for hydroxylation is 1. The van der Waals surface area contributed by atoms with Crippen molar-refractivity contribution in [3.8, 4) is 0 Å². The van der Waals surface area contributed by atoms with Crippen LogP contribution in [0.25, 0.3) is 0 Å². The molecule has 8 heteroatoms. The van der Waals surface area contributed by atoms with E-state index in [1.54, 1.807) is 29.9 Å². The highest BCUT2D eigenvalue weighted by Crippen LogP contribution is 2.13. The summed E-state index contributed by atoms with van der Waals surface area (Å²) in [4.78, 5) is 26.2. The molecule has 0 aromatic carbocycles. The number of nitrogens with zero attached hydrogens (tertiary/aromatic N) is 2. The lowest BCUT2D eigenvalue weighted by molar-refractivity contribution is 0.0825. The molecular formula is C16H21ClN4O3. The van der Waals surface area contributed by atoms with Crippen LogP contribution in [0.5, 0.6) is 0 Å². The molecule has 2 heterocycles. The van der Waals surface area contributed by atoms with Crippen molar-refractivity contribution in [1.82, 2.24) is 20.3 Å². The normalized spacial score (nSPS) is 10.9. The molecule has 0 aliphatic carbocycles. The molecule has 0 saturated heterocycles. The molecule has 2 aromatic heterocycles. The van der Waals surface area contributed by atoms with Crippen molar-refractivity contribution in [2.45, 2.75) is 20.4 Å². The summed E-state index contributed by atoms with van der Waals surface area (Å²) in [6.07, 6.45) is 1.60. The minimum Gasteiger partial charge on any atom is -0.454 e. The maximum Gasteiger partial charge on any atom is 0.305 e. The Morgan fingerprint density at radius 3 is 2.46 bits per heavy atom. The lowest BCUT2D eigenvalue weighted by Crippen LogP contribution is -2.42. The summed E-state index contributed by atoms with van der Waals surface area (Å²) in [6.45, 7) is 6.55. The Hall–Kier alpha value is -2.25. The minimum absolute atomic E-state index is 0.141. The van der Waals surface area contributed by atoms with Gasteiger partial charge in [-0.2, -0.15) is 0 Å². The molecular weight excluding hydrogens is 332 g/mol. The van der Waals surface area contributed by atoms with Crippen LogP contribution < -0.4 is 10.9 Å². The Bertz CT molecular complexity index is 719. The predicted octanol–water partition coefficient (Wildman–Crippen LogP) is 2.19. The summed E-state index contributed by atoms with van der Waals surface area (Å²) in [6, 6.07) is 4.85. The number of carbonyl (C=O) groups is 2. The van der Waals surface area contributed by atoms with Crippen LogP contribution in [0.4, 0.5) is 0 Å². The van der Waals surface area contributed by atoms with Crippen molar-refractivity contribution >= 4 is 23.4 Å². The number of rotatable bonds is 6. The van der Waals surface area contributed by atoms with Gasteiger partial charge in [0.05, 0.1) is 11.6 Å². The van der Waals surface area contributed by atoms with Gasteiger partial charge in [-0.15, -0.1) is 0 Å². The molecule has 0 radical (unpaired) electrons. The number of nitrogens with one attached hydrogen (secondary N) is 2. The van der Waals surface area contributed by atoms with Gasteiger partial charge in [-0.1, -0.05) is 25.4 Å². The highest BCUT2D eigenvalue weighted by Gasteiger charge is 2.15. The number of halogens is 1. The van der Waals surface area contributed by atoms with E-state index < -0.39 is 11.8 Å². The van der Waals surface area contributed by atoms with Gasteiger partial charge >= 0.3 is 5.91 Å². The molecule has 130 valence electrons. The van der Waals surface area contributed by atoms with E-state index in [2.05, 4.69) is 29.6 Å². The standard InChI is InChI=1S/C16H21ClN4O3/c1-4-21(5-2)10-12-6-7-14(24-12)16(23)19-18-15(22)13-8-11(17)9-20(13)3/h6-9H,4-5,10H2,1-3H3,(H,18,22)(H,19,23). The smallest absolute Gasteiger partial charge is 0.305 e. The van der Waals surface area contributed by atoms with Gasteiger partial charge in [-0.25, -0.2) is 0 Å². The van der Waals surface area contributed by atoms with Crippen molar-refractivity contribution in [3.05, 3.63) is 46.6 Å².